The highest BCUT2D eigenvalue weighted by molar-refractivity contribution is 5.94. The maximum absolute atomic E-state index is 14.3. The number of furan rings is 1. The van der Waals surface area contributed by atoms with Crippen LogP contribution in [0.2, 0.25) is 0 Å². The number of nitrogens with one attached hydrogen (secondary N) is 1. The fourth-order valence-electron chi connectivity index (χ4n) is 4.36. The second-order valence-corrected chi connectivity index (χ2v) is 9.01. The number of hydrogen-bond acceptors (Lipinski definition) is 6. The maximum atomic E-state index is 14.3. The summed E-state index contributed by atoms with van der Waals surface area (Å²) in [5, 5.41) is 9.84. The number of fused-ring (bicyclic) bond motifs is 2. The van der Waals surface area contributed by atoms with E-state index >= 15 is 0 Å². The molecule has 1 aliphatic heterocycles. The zero-order chi connectivity index (χ0) is 26.9. The third-order valence-electron chi connectivity index (χ3n) is 5.95. The van der Waals surface area contributed by atoms with E-state index in [9.17, 15) is 36.2 Å². The number of carbonyl (C=O) groups excluding carboxylic acids is 1. The Kier molecular flexibility index (Phi) is 5.44. The molecule has 0 aliphatic carbocycles. The largest absolute Gasteiger partial charge is 0.458 e. The zero-order valence-corrected chi connectivity index (χ0v) is 19.2. The molecule has 1 atom stereocenters. The molecule has 0 unspecified atom stereocenters. The van der Waals surface area contributed by atoms with Crippen LogP contribution in [0.3, 0.4) is 0 Å². The van der Waals surface area contributed by atoms with Gasteiger partial charge >= 0.3 is 12.4 Å². The van der Waals surface area contributed by atoms with Gasteiger partial charge in [0.15, 0.2) is 5.69 Å². The Morgan fingerprint density at radius 1 is 1.11 bits per heavy atom. The van der Waals surface area contributed by atoms with Crippen molar-refractivity contribution in [1.29, 1.82) is 0 Å². The number of para-hydroxylation sites is 1. The molecule has 14 heteroatoms. The first-order valence-electron chi connectivity index (χ1n) is 10.9. The fraction of sp³-hybridized carbons (Fsp3) is 0.348. The SMILES string of the molecule is CC(C)(O)c1nc(C(F)(F)F)c(C(=O)N2CCc3[nH]cnc3[C@H]2c2oc3ccccc3c2C(F)(F)F)o1. The molecule has 1 aromatic carbocycles. The Hall–Kier alpha value is -3.81. The number of amides is 1. The van der Waals surface area contributed by atoms with Crippen molar-refractivity contribution in [3.63, 3.8) is 0 Å². The summed E-state index contributed by atoms with van der Waals surface area (Å²) >= 11 is 0. The van der Waals surface area contributed by atoms with E-state index in [-0.39, 0.29) is 29.6 Å². The molecule has 0 radical (unpaired) electrons. The molecule has 1 amide bonds. The number of hydrogen-bond donors (Lipinski definition) is 2. The number of benzene rings is 1. The number of aromatic amines is 1. The van der Waals surface area contributed by atoms with Crippen molar-refractivity contribution < 1.29 is 45.1 Å². The number of nitrogens with zero attached hydrogens (tertiary/aromatic N) is 3. The zero-order valence-electron chi connectivity index (χ0n) is 19.2. The molecule has 0 saturated heterocycles. The number of H-pyrrole nitrogens is 1. The topological polar surface area (TPSA) is 108 Å². The first-order valence-corrected chi connectivity index (χ1v) is 10.9. The number of aromatic nitrogens is 3. The summed E-state index contributed by atoms with van der Waals surface area (Å²) in [7, 11) is 0. The van der Waals surface area contributed by atoms with Gasteiger partial charge in [0.25, 0.3) is 5.91 Å². The van der Waals surface area contributed by atoms with E-state index in [0.29, 0.717) is 5.69 Å². The third-order valence-corrected chi connectivity index (χ3v) is 5.95. The number of carbonyl (C=O) groups is 1. The average Bonchev–Trinajstić information content (AvgIpc) is 3.52. The van der Waals surface area contributed by atoms with Crippen LogP contribution in [0.5, 0.6) is 0 Å². The second-order valence-electron chi connectivity index (χ2n) is 9.01. The third kappa shape index (κ3) is 4.14. The summed E-state index contributed by atoms with van der Waals surface area (Å²) in [6.07, 6.45) is -8.81. The van der Waals surface area contributed by atoms with Gasteiger partial charge in [-0.3, -0.25) is 4.79 Å². The number of halogens is 6. The first kappa shape index (κ1) is 24.9. The molecule has 37 heavy (non-hydrogen) atoms. The Morgan fingerprint density at radius 3 is 2.46 bits per heavy atom. The standard InChI is InChI=1S/C23H18F6N4O4/c1-21(2,35)20-32-18(23(27,28)29)17(37-20)19(34)33-8-7-11-14(31-9-30-11)15(33)16-13(22(24,25)26)10-5-3-4-6-12(10)36-16/h3-6,9,15,35H,7-8H2,1-2H3,(H,30,31)/t15-/m0/s1. The van der Waals surface area contributed by atoms with Crippen molar-refractivity contribution in [3.05, 3.63) is 70.6 Å². The van der Waals surface area contributed by atoms with Crippen LogP contribution >= 0.6 is 0 Å². The van der Waals surface area contributed by atoms with Gasteiger partial charge < -0.3 is 23.8 Å². The lowest BCUT2D eigenvalue weighted by Crippen LogP contribution is -2.41. The van der Waals surface area contributed by atoms with Crippen molar-refractivity contribution >= 4 is 16.9 Å². The Morgan fingerprint density at radius 2 is 1.81 bits per heavy atom. The van der Waals surface area contributed by atoms with Gasteiger partial charge in [-0.1, -0.05) is 18.2 Å². The van der Waals surface area contributed by atoms with Crippen LogP contribution in [-0.2, 0) is 24.4 Å². The lowest BCUT2D eigenvalue weighted by atomic mass is 9.96. The van der Waals surface area contributed by atoms with Crippen LogP contribution in [0, 0.1) is 0 Å². The van der Waals surface area contributed by atoms with E-state index in [1.165, 1.54) is 30.6 Å². The van der Waals surface area contributed by atoms with Crippen LogP contribution in [0.1, 0.15) is 64.7 Å². The molecule has 0 bridgehead atoms. The van der Waals surface area contributed by atoms with Crippen LogP contribution in [0.4, 0.5) is 26.3 Å². The summed E-state index contributed by atoms with van der Waals surface area (Å²) < 4.78 is 94.9. The van der Waals surface area contributed by atoms with Crippen LogP contribution in [0.25, 0.3) is 11.0 Å². The average molecular weight is 528 g/mol. The van der Waals surface area contributed by atoms with Gasteiger partial charge in [-0.05, 0) is 19.9 Å². The predicted octanol–water partition coefficient (Wildman–Crippen LogP) is 5.20. The molecule has 0 saturated carbocycles. The normalized spacial score (nSPS) is 16.9. The van der Waals surface area contributed by atoms with Gasteiger partial charge in [-0.15, -0.1) is 0 Å². The number of rotatable bonds is 3. The minimum Gasteiger partial charge on any atom is -0.458 e. The minimum atomic E-state index is -5.16. The van der Waals surface area contributed by atoms with Gasteiger partial charge in [0.1, 0.15) is 28.5 Å². The van der Waals surface area contributed by atoms with Crippen LogP contribution < -0.4 is 0 Å². The molecular formula is C23H18F6N4O4. The van der Waals surface area contributed by atoms with E-state index in [2.05, 4.69) is 15.0 Å². The monoisotopic (exact) mass is 528 g/mol. The number of oxazole rings is 1. The molecule has 8 nitrogen and oxygen atoms in total. The number of alkyl halides is 6. The van der Waals surface area contributed by atoms with Gasteiger partial charge in [-0.25, -0.2) is 9.97 Å². The summed E-state index contributed by atoms with van der Waals surface area (Å²) in [6.45, 7) is 1.93. The van der Waals surface area contributed by atoms with Gasteiger partial charge in [0, 0.05) is 24.0 Å². The highest BCUT2D eigenvalue weighted by atomic mass is 19.4. The van der Waals surface area contributed by atoms with E-state index < -0.39 is 58.6 Å². The molecule has 5 rings (SSSR count). The molecule has 4 aromatic rings. The molecule has 2 N–H and O–H groups in total. The first-order chi connectivity index (χ1) is 17.2. The summed E-state index contributed by atoms with van der Waals surface area (Å²) in [6, 6.07) is 3.70. The summed E-state index contributed by atoms with van der Waals surface area (Å²) in [5.74, 6) is -4.14. The van der Waals surface area contributed by atoms with Crippen molar-refractivity contribution in [2.24, 2.45) is 0 Å². The molecule has 3 aromatic heterocycles. The molecule has 1 aliphatic rings. The van der Waals surface area contributed by atoms with Crippen LogP contribution in [-0.4, -0.2) is 37.4 Å². The summed E-state index contributed by atoms with van der Waals surface area (Å²) in [5.41, 5.74) is -4.60. The highest BCUT2D eigenvalue weighted by Gasteiger charge is 2.49. The lowest BCUT2D eigenvalue weighted by Gasteiger charge is -2.34. The van der Waals surface area contributed by atoms with Gasteiger partial charge in [0.2, 0.25) is 11.7 Å². The predicted molar refractivity (Wildman–Crippen MR) is 113 cm³/mol. The molecular weight excluding hydrogens is 510 g/mol. The Labute approximate surface area is 203 Å². The molecule has 0 spiro atoms. The smallest absolute Gasteiger partial charge is 0.437 e. The fourth-order valence-corrected chi connectivity index (χ4v) is 4.36. The Bertz CT molecular complexity index is 1490. The van der Waals surface area contributed by atoms with E-state index in [1.54, 1.807) is 0 Å². The second kappa shape index (κ2) is 8.10. The van der Waals surface area contributed by atoms with E-state index in [0.717, 1.165) is 18.7 Å². The van der Waals surface area contributed by atoms with E-state index in [1.807, 2.05) is 0 Å². The lowest BCUT2D eigenvalue weighted by molar-refractivity contribution is -0.141. The van der Waals surface area contributed by atoms with Gasteiger partial charge in [-0.2, -0.15) is 26.3 Å². The van der Waals surface area contributed by atoms with Crippen molar-refractivity contribution in [1.82, 2.24) is 19.9 Å². The Balaban J connectivity index is 1.72. The number of aliphatic hydroxyl groups is 1. The van der Waals surface area contributed by atoms with Crippen molar-refractivity contribution in [2.45, 2.75) is 44.3 Å². The minimum absolute atomic E-state index is 0.0139. The molecule has 196 valence electrons. The maximum Gasteiger partial charge on any atom is 0.437 e. The van der Waals surface area contributed by atoms with Crippen LogP contribution in [0.15, 0.2) is 39.4 Å². The molecule has 0 fully saturated rings. The quantitative estimate of drug-likeness (QED) is 0.354. The highest BCUT2D eigenvalue weighted by Crippen LogP contribution is 2.46. The van der Waals surface area contributed by atoms with E-state index in [4.69, 9.17) is 8.83 Å². The number of imidazole rings is 1. The summed E-state index contributed by atoms with van der Waals surface area (Å²) in [4.78, 5) is 24.5. The van der Waals surface area contributed by atoms with Crippen molar-refractivity contribution in [3.8, 4) is 0 Å². The van der Waals surface area contributed by atoms with Crippen molar-refractivity contribution in [2.75, 3.05) is 6.54 Å². The van der Waals surface area contributed by atoms with Gasteiger partial charge in [0.05, 0.1) is 12.0 Å². The molecule has 4 heterocycles.